The minimum Gasteiger partial charge on any atom is -0.481 e. The van der Waals surface area contributed by atoms with Gasteiger partial charge in [0, 0.05) is 6.04 Å². The summed E-state index contributed by atoms with van der Waals surface area (Å²) in [6, 6.07) is 0.148. The van der Waals surface area contributed by atoms with Crippen LogP contribution in [-0.4, -0.2) is 17.1 Å². The van der Waals surface area contributed by atoms with Crippen LogP contribution in [0, 0.1) is 11.3 Å². The van der Waals surface area contributed by atoms with Crippen LogP contribution < -0.4 is 5.73 Å². The average molecular weight is 178 g/mol. The quantitative estimate of drug-likeness (QED) is 0.617. The van der Waals surface area contributed by atoms with E-state index in [0.717, 1.165) is 12.8 Å². The van der Waals surface area contributed by atoms with Crippen LogP contribution in [0.1, 0.15) is 19.3 Å². The predicted molar refractivity (Wildman–Crippen MR) is 42.6 cm³/mol. The van der Waals surface area contributed by atoms with Gasteiger partial charge in [0.05, 0.1) is 5.41 Å². The molecule has 0 aromatic heterocycles. The molecule has 0 saturated heterocycles. The Balaban J connectivity index is 0.000000605. The van der Waals surface area contributed by atoms with Crippen LogP contribution in [0.3, 0.4) is 0 Å². The molecular formula is C7H12ClNO2. The Morgan fingerprint density at radius 3 is 2.45 bits per heavy atom. The minimum absolute atomic E-state index is 0. The van der Waals surface area contributed by atoms with Crippen molar-refractivity contribution in [2.45, 2.75) is 25.3 Å². The lowest BCUT2D eigenvalue weighted by Crippen LogP contribution is -2.22. The Hall–Kier alpha value is -0.280. The average Bonchev–Trinajstić information content (AvgIpc) is 2.37. The van der Waals surface area contributed by atoms with Gasteiger partial charge >= 0.3 is 5.97 Å². The molecule has 0 aliphatic heterocycles. The largest absolute Gasteiger partial charge is 0.481 e. The van der Waals surface area contributed by atoms with Gasteiger partial charge in [0.2, 0.25) is 0 Å². The molecule has 0 spiro atoms. The van der Waals surface area contributed by atoms with Gasteiger partial charge in [-0.2, -0.15) is 0 Å². The number of hydrogen-bond donors (Lipinski definition) is 2. The van der Waals surface area contributed by atoms with Gasteiger partial charge in [0.25, 0.3) is 0 Å². The maximum Gasteiger partial charge on any atom is 0.309 e. The summed E-state index contributed by atoms with van der Waals surface area (Å²) in [5.74, 6) is -0.231. The standard InChI is InChI=1S/C7H11NO2.ClH/c8-5-1-4-2-7(4,3-5)6(9)10;/h4-5H,1-3,8H2,(H,9,10);1H. The van der Waals surface area contributed by atoms with Gasteiger partial charge in [-0.15, -0.1) is 12.4 Å². The molecular weight excluding hydrogens is 166 g/mol. The fourth-order valence-corrected chi connectivity index (χ4v) is 2.21. The third-order valence-corrected chi connectivity index (χ3v) is 2.87. The van der Waals surface area contributed by atoms with E-state index in [9.17, 15) is 4.79 Å². The second-order valence-corrected chi connectivity index (χ2v) is 3.56. The van der Waals surface area contributed by atoms with E-state index in [0.29, 0.717) is 12.3 Å². The second kappa shape index (κ2) is 2.35. The summed E-state index contributed by atoms with van der Waals surface area (Å²) in [5, 5.41) is 8.78. The summed E-state index contributed by atoms with van der Waals surface area (Å²) < 4.78 is 0. The molecule has 2 rings (SSSR count). The van der Waals surface area contributed by atoms with Crippen LogP contribution in [0.4, 0.5) is 0 Å². The zero-order valence-electron chi connectivity index (χ0n) is 6.12. The Kier molecular flexibility index (Phi) is 1.89. The number of carboxylic acids is 1. The second-order valence-electron chi connectivity index (χ2n) is 3.56. The lowest BCUT2D eigenvalue weighted by atomic mass is 10.0. The molecule has 2 aliphatic carbocycles. The molecule has 0 aromatic rings. The Morgan fingerprint density at radius 1 is 1.55 bits per heavy atom. The van der Waals surface area contributed by atoms with Crippen LogP contribution >= 0.6 is 12.4 Å². The Bertz CT molecular complexity index is 197. The van der Waals surface area contributed by atoms with Crippen molar-refractivity contribution in [2.24, 2.45) is 17.1 Å². The molecule has 0 radical (unpaired) electrons. The van der Waals surface area contributed by atoms with E-state index in [1.54, 1.807) is 0 Å². The molecule has 2 aliphatic rings. The summed E-state index contributed by atoms with van der Waals surface area (Å²) in [4.78, 5) is 10.7. The smallest absolute Gasteiger partial charge is 0.309 e. The molecule has 0 aromatic carbocycles. The number of rotatable bonds is 1. The molecule has 0 bridgehead atoms. The summed E-state index contributed by atoms with van der Waals surface area (Å²) >= 11 is 0. The van der Waals surface area contributed by atoms with Crippen molar-refractivity contribution >= 4 is 18.4 Å². The van der Waals surface area contributed by atoms with Gasteiger partial charge in [-0.3, -0.25) is 4.79 Å². The number of halogens is 1. The molecule has 2 fully saturated rings. The zero-order chi connectivity index (χ0) is 7.35. The Labute approximate surface area is 71.4 Å². The highest BCUT2D eigenvalue weighted by Crippen LogP contribution is 2.63. The first-order valence-electron chi connectivity index (χ1n) is 3.64. The SMILES string of the molecule is Cl.NC1CC2CC2(C(=O)O)C1. The number of aliphatic carboxylic acids is 1. The molecule has 4 heteroatoms. The van der Waals surface area contributed by atoms with Gasteiger partial charge in [-0.25, -0.2) is 0 Å². The Morgan fingerprint density at radius 2 is 2.18 bits per heavy atom. The van der Waals surface area contributed by atoms with Crippen molar-refractivity contribution < 1.29 is 9.90 Å². The van der Waals surface area contributed by atoms with Gasteiger partial charge in [0.15, 0.2) is 0 Å². The zero-order valence-corrected chi connectivity index (χ0v) is 6.93. The van der Waals surface area contributed by atoms with Gasteiger partial charge < -0.3 is 10.8 Å². The fourth-order valence-electron chi connectivity index (χ4n) is 2.21. The highest BCUT2D eigenvalue weighted by atomic mass is 35.5. The van der Waals surface area contributed by atoms with E-state index in [4.69, 9.17) is 10.8 Å². The summed E-state index contributed by atoms with van der Waals surface area (Å²) in [6.07, 6.45) is 2.50. The minimum atomic E-state index is -0.634. The van der Waals surface area contributed by atoms with Crippen molar-refractivity contribution in [2.75, 3.05) is 0 Å². The molecule has 3 N–H and O–H groups in total. The van der Waals surface area contributed by atoms with Crippen LogP contribution in [0.15, 0.2) is 0 Å². The fraction of sp³-hybridized carbons (Fsp3) is 0.857. The van der Waals surface area contributed by atoms with Crippen molar-refractivity contribution in [3.8, 4) is 0 Å². The topological polar surface area (TPSA) is 63.3 Å². The van der Waals surface area contributed by atoms with Crippen molar-refractivity contribution in [1.29, 1.82) is 0 Å². The number of fused-ring (bicyclic) bond motifs is 1. The summed E-state index contributed by atoms with van der Waals surface area (Å²) in [6.45, 7) is 0. The van der Waals surface area contributed by atoms with E-state index in [2.05, 4.69) is 0 Å². The molecule has 2 saturated carbocycles. The molecule has 11 heavy (non-hydrogen) atoms. The first-order valence-corrected chi connectivity index (χ1v) is 3.64. The van der Waals surface area contributed by atoms with E-state index < -0.39 is 5.97 Å². The van der Waals surface area contributed by atoms with Crippen molar-refractivity contribution in [1.82, 2.24) is 0 Å². The van der Waals surface area contributed by atoms with Gasteiger partial charge in [-0.1, -0.05) is 0 Å². The lowest BCUT2D eigenvalue weighted by molar-refractivity contribution is -0.143. The lowest BCUT2D eigenvalue weighted by Gasteiger charge is -2.06. The maximum atomic E-state index is 10.7. The number of carboxylic acid groups (broad SMARTS) is 1. The van der Waals surface area contributed by atoms with E-state index in [1.807, 2.05) is 0 Å². The molecule has 0 amide bonds. The summed E-state index contributed by atoms with van der Waals surface area (Å²) in [7, 11) is 0. The number of nitrogens with two attached hydrogens (primary N) is 1. The van der Waals surface area contributed by atoms with Crippen molar-refractivity contribution in [3.63, 3.8) is 0 Å². The molecule has 3 atom stereocenters. The van der Waals surface area contributed by atoms with Crippen LogP contribution in [0.5, 0.6) is 0 Å². The third-order valence-electron chi connectivity index (χ3n) is 2.87. The van der Waals surface area contributed by atoms with E-state index in [-0.39, 0.29) is 23.9 Å². The molecule has 64 valence electrons. The maximum absolute atomic E-state index is 10.7. The normalized spacial score (nSPS) is 45.9. The van der Waals surface area contributed by atoms with Crippen LogP contribution in [0.2, 0.25) is 0 Å². The van der Waals surface area contributed by atoms with Gasteiger partial charge in [-0.05, 0) is 25.2 Å². The van der Waals surface area contributed by atoms with Crippen LogP contribution in [0.25, 0.3) is 0 Å². The first kappa shape index (κ1) is 8.81. The van der Waals surface area contributed by atoms with E-state index >= 15 is 0 Å². The van der Waals surface area contributed by atoms with Gasteiger partial charge in [0.1, 0.15) is 0 Å². The predicted octanol–water partition coefficient (Wildman–Crippen LogP) is 0.620. The van der Waals surface area contributed by atoms with Crippen LogP contribution in [-0.2, 0) is 4.79 Å². The third kappa shape index (κ3) is 1.03. The molecule has 0 heterocycles. The number of hydrogen-bond acceptors (Lipinski definition) is 2. The first-order chi connectivity index (χ1) is 4.65. The van der Waals surface area contributed by atoms with E-state index in [1.165, 1.54) is 0 Å². The molecule has 3 nitrogen and oxygen atoms in total. The summed E-state index contributed by atoms with van der Waals surface area (Å²) in [5.41, 5.74) is 5.24. The number of carbonyl (C=O) groups is 1. The molecule has 3 unspecified atom stereocenters. The van der Waals surface area contributed by atoms with Crippen molar-refractivity contribution in [3.05, 3.63) is 0 Å². The highest BCUT2D eigenvalue weighted by molar-refractivity contribution is 5.85. The monoisotopic (exact) mass is 177 g/mol. The highest BCUT2D eigenvalue weighted by Gasteiger charge is 2.64.